The van der Waals surface area contributed by atoms with Crippen LogP contribution in [0.15, 0.2) is 12.3 Å². The molecule has 116 valence electrons. The normalized spacial score (nSPS) is 17.4. The lowest BCUT2D eigenvalue weighted by atomic mass is 9.93. The summed E-state index contributed by atoms with van der Waals surface area (Å²) in [5.74, 6) is 0.915. The molecule has 0 spiro atoms. The fourth-order valence-electron chi connectivity index (χ4n) is 2.94. The average molecular weight is 301 g/mol. The summed E-state index contributed by atoms with van der Waals surface area (Å²) in [5.41, 5.74) is 1.35. The molecule has 4 nitrogen and oxygen atoms in total. The van der Waals surface area contributed by atoms with E-state index in [1.165, 1.54) is 38.0 Å². The first-order valence-electron chi connectivity index (χ1n) is 7.60. The Kier molecular flexibility index (Phi) is 7.56. The van der Waals surface area contributed by atoms with Gasteiger partial charge in [0.05, 0.1) is 5.69 Å². The highest BCUT2D eigenvalue weighted by molar-refractivity contribution is 5.85. The van der Waals surface area contributed by atoms with Gasteiger partial charge in [-0.1, -0.05) is 0 Å². The summed E-state index contributed by atoms with van der Waals surface area (Å²) in [7, 11) is 2.04. The molecular weight excluding hydrogens is 272 g/mol. The van der Waals surface area contributed by atoms with Crippen LogP contribution in [0.3, 0.4) is 0 Å². The van der Waals surface area contributed by atoms with E-state index in [1.807, 2.05) is 13.2 Å². The molecule has 1 aliphatic rings. The van der Waals surface area contributed by atoms with E-state index in [0.29, 0.717) is 6.04 Å². The lowest BCUT2D eigenvalue weighted by Crippen LogP contribution is -2.34. The van der Waals surface area contributed by atoms with Crippen LogP contribution in [0.2, 0.25) is 0 Å². The molecule has 1 aromatic rings. The molecule has 1 aliphatic heterocycles. The highest BCUT2D eigenvalue weighted by Crippen LogP contribution is 2.21. The van der Waals surface area contributed by atoms with Crippen molar-refractivity contribution in [1.29, 1.82) is 0 Å². The van der Waals surface area contributed by atoms with E-state index in [9.17, 15) is 0 Å². The van der Waals surface area contributed by atoms with Crippen molar-refractivity contribution in [3.05, 3.63) is 18.0 Å². The predicted molar refractivity (Wildman–Crippen MR) is 86.4 cm³/mol. The van der Waals surface area contributed by atoms with Gasteiger partial charge < -0.3 is 5.32 Å². The van der Waals surface area contributed by atoms with Gasteiger partial charge in [0, 0.05) is 18.8 Å². The van der Waals surface area contributed by atoms with Gasteiger partial charge in [-0.15, -0.1) is 12.4 Å². The monoisotopic (exact) mass is 300 g/mol. The van der Waals surface area contributed by atoms with Gasteiger partial charge >= 0.3 is 0 Å². The maximum Gasteiger partial charge on any atom is 0.0527 e. The number of aromatic nitrogens is 2. The maximum atomic E-state index is 4.42. The first-order valence-corrected chi connectivity index (χ1v) is 7.60. The van der Waals surface area contributed by atoms with Gasteiger partial charge in [-0.3, -0.25) is 9.58 Å². The molecule has 0 unspecified atom stereocenters. The second-order valence-corrected chi connectivity index (χ2v) is 5.97. The number of likely N-dealkylation sites (tertiary alicyclic amines) is 1. The fourth-order valence-corrected chi connectivity index (χ4v) is 2.94. The van der Waals surface area contributed by atoms with Crippen LogP contribution in [0.1, 0.15) is 44.8 Å². The van der Waals surface area contributed by atoms with Crippen molar-refractivity contribution < 1.29 is 0 Å². The molecular formula is C15H29ClN4. The summed E-state index contributed by atoms with van der Waals surface area (Å²) in [6.07, 6.45) is 5.94. The number of nitrogens with zero attached hydrogens (tertiary/aromatic N) is 3. The number of piperidine rings is 1. The van der Waals surface area contributed by atoms with E-state index >= 15 is 0 Å². The Morgan fingerprint density at radius 2 is 2.05 bits per heavy atom. The number of nitrogens with one attached hydrogen (secondary N) is 1. The second-order valence-electron chi connectivity index (χ2n) is 5.97. The average Bonchev–Trinajstić information content (AvgIpc) is 2.86. The molecule has 0 saturated carbocycles. The quantitative estimate of drug-likeness (QED) is 0.877. The van der Waals surface area contributed by atoms with Crippen LogP contribution < -0.4 is 5.32 Å². The van der Waals surface area contributed by atoms with Crippen molar-refractivity contribution in [2.24, 2.45) is 5.92 Å². The largest absolute Gasteiger partial charge is 0.320 e. The van der Waals surface area contributed by atoms with Crippen LogP contribution in [-0.4, -0.2) is 41.4 Å². The smallest absolute Gasteiger partial charge is 0.0527 e. The van der Waals surface area contributed by atoms with Gasteiger partial charge in [0.1, 0.15) is 0 Å². The summed E-state index contributed by atoms with van der Waals surface area (Å²) in [5, 5.41) is 7.68. The molecule has 1 N–H and O–H groups in total. The number of halogens is 1. The van der Waals surface area contributed by atoms with Crippen molar-refractivity contribution in [2.45, 2.75) is 45.7 Å². The fraction of sp³-hybridized carbons (Fsp3) is 0.800. The lowest BCUT2D eigenvalue weighted by molar-refractivity contribution is 0.167. The molecule has 0 radical (unpaired) electrons. The number of hydrogen-bond acceptors (Lipinski definition) is 3. The van der Waals surface area contributed by atoms with Gasteiger partial charge in [0.25, 0.3) is 0 Å². The Balaban J connectivity index is 0.00000200. The molecule has 1 fully saturated rings. The minimum absolute atomic E-state index is 0. The van der Waals surface area contributed by atoms with Crippen LogP contribution in [0.25, 0.3) is 0 Å². The van der Waals surface area contributed by atoms with Crippen LogP contribution in [0.4, 0.5) is 0 Å². The molecule has 20 heavy (non-hydrogen) atoms. The second kappa shape index (κ2) is 8.65. The van der Waals surface area contributed by atoms with Gasteiger partial charge in [0.2, 0.25) is 0 Å². The van der Waals surface area contributed by atoms with E-state index in [-0.39, 0.29) is 12.4 Å². The molecule has 1 aromatic heterocycles. The Morgan fingerprint density at radius 3 is 2.65 bits per heavy atom. The molecule has 1 saturated heterocycles. The van der Waals surface area contributed by atoms with Crippen molar-refractivity contribution in [3.8, 4) is 0 Å². The summed E-state index contributed by atoms with van der Waals surface area (Å²) < 4.78 is 2.15. The van der Waals surface area contributed by atoms with Crippen LogP contribution in [-0.2, 0) is 6.54 Å². The minimum atomic E-state index is 0. The van der Waals surface area contributed by atoms with Crippen molar-refractivity contribution >= 4 is 12.4 Å². The Morgan fingerprint density at radius 1 is 1.35 bits per heavy atom. The Labute approximate surface area is 129 Å². The zero-order valence-electron chi connectivity index (χ0n) is 13.0. The first kappa shape index (κ1) is 17.5. The molecule has 5 heteroatoms. The molecule has 2 rings (SSSR count). The third kappa shape index (κ3) is 4.76. The zero-order valence-corrected chi connectivity index (χ0v) is 13.8. The van der Waals surface area contributed by atoms with Crippen LogP contribution >= 0.6 is 12.4 Å². The van der Waals surface area contributed by atoms with Gasteiger partial charge in [-0.2, -0.15) is 5.10 Å². The van der Waals surface area contributed by atoms with E-state index in [2.05, 4.69) is 39.9 Å². The maximum absolute atomic E-state index is 4.42. The Bertz CT molecular complexity index is 370. The third-order valence-electron chi connectivity index (χ3n) is 4.14. The standard InChI is InChI=1S/C15H28N4.ClH/c1-13(2)19-15(5-9-17-19)12-18-10-6-14(7-11-18)4-8-16-3;/h5,9,13-14,16H,4,6-8,10-12H2,1-3H3;1H. The van der Waals surface area contributed by atoms with Gasteiger partial charge in [0.15, 0.2) is 0 Å². The third-order valence-corrected chi connectivity index (χ3v) is 4.14. The summed E-state index contributed by atoms with van der Waals surface area (Å²) >= 11 is 0. The highest BCUT2D eigenvalue weighted by atomic mass is 35.5. The molecule has 0 bridgehead atoms. The van der Waals surface area contributed by atoms with Crippen molar-refractivity contribution in [2.75, 3.05) is 26.7 Å². The first-order chi connectivity index (χ1) is 9.20. The Hall–Kier alpha value is -0.580. The van der Waals surface area contributed by atoms with Crippen LogP contribution in [0.5, 0.6) is 0 Å². The van der Waals surface area contributed by atoms with Crippen molar-refractivity contribution in [3.63, 3.8) is 0 Å². The summed E-state index contributed by atoms with van der Waals surface area (Å²) in [4.78, 5) is 2.58. The minimum Gasteiger partial charge on any atom is -0.320 e. The summed E-state index contributed by atoms with van der Waals surface area (Å²) in [6.45, 7) is 9.07. The van der Waals surface area contributed by atoms with E-state index < -0.39 is 0 Å². The van der Waals surface area contributed by atoms with Gasteiger partial charge in [-0.25, -0.2) is 0 Å². The zero-order chi connectivity index (χ0) is 13.7. The van der Waals surface area contributed by atoms with E-state index in [4.69, 9.17) is 0 Å². The number of hydrogen-bond donors (Lipinski definition) is 1. The van der Waals surface area contributed by atoms with E-state index in [0.717, 1.165) is 19.0 Å². The molecule has 0 atom stereocenters. The molecule has 0 amide bonds. The van der Waals surface area contributed by atoms with Crippen LogP contribution in [0, 0.1) is 5.92 Å². The SMILES string of the molecule is CNCCC1CCN(Cc2ccnn2C(C)C)CC1.Cl. The molecule has 0 aliphatic carbocycles. The van der Waals surface area contributed by atoms with E-state index in [1.54, 1.807) is 0 Å². The number of rotatable bonds is 6. The van der Waals surface area contributed by atoms with Crippen molar-refractivity contribution in [1.82, 2.24) is 20.0 Å². The lowest BCUT2D eigenvalue weighted by Gasteiger charge is -2.32. The molecule has 0 aromatic carbocycles. The highest BCUT2D eigenvalue weighted by Gasteiger charge is 2.20. The molecule has 2 heterocycles. The topological polar surface area (TPSA) is 33.1 Å². The predicted octanol–water partition coefficient (Wildman–Crippen LogP) is 2.71. The summed E-state index contributed by atoms with van der Waals surface area (Å²) in [6, 6.07) is 2.62. The van der Waals surface area contributed by atoms with Gasteiger partial charge in [-0.05, 0) is 71.8 Å².